The molecule has 0 aliphatic carbocycles. The molecule has 0 heterocycles. The fourth-order valence-electron chi connectivity index (χ4n) is 2.12. The molecular weight excluding hydrogens is 234 g/mol. The third kappa shape index (κ3) is 9.46. The Morgan fingerprint density at radius 3 is 1.76 bits per heavy atom. The summed E-state index contributed by atoms with van der Waals surface area (Å²) < 4.78 is 0. The predicted molar refractivity (Wildman–Crippen MR) is 75.0 cm³/mol. The molecule has 0 spiro atoms. The molecular formula is C14H28ClNO. The highest BCUT2D eigenvalue weighted by Crippen LogP contribution is 2.18. The average Bonchev–Trinajstić information content (AvgIpc) is 2.36. The summed E-state index contributed by atoms with van der Waals surface area (Å²) in [5.41, 5.74) is 0. The summed E-state index contributed by atoms with van der Waals surface area (Å²) >= 11 is 5.43. The fraction of sp³-hybridized carbons (Fsp3) is 0.929. The molecule has 0 rings (SSSR count). The van der Waals surface area contributed by atoms with Gasteiger partial charge in [0.1, 0.15) is 0 Å². The van der Waals surface area contributed by atoms with Crippen LogP contribution < -0.4 is 4.84 Å². The Morgan fingerprint density at radius 1 is 0.941 bits per heavy atom. The van der Waals surface area contributed by atoms with E-state index >= 15 is 0 Å². The number of carbonyl (C=O) groups excluding carboxylic acids is 1. The van der Waals surface area contributed by atoms with Gasteiger partial charge in [0.25, 0.3) is 0 Å². The zero-order chi connectivity index (χ0) is 12.9. The molecule has 0 aliphatic heterocycles. The van der Waals surface area contributed by atoms with Crippen LogP contribution in [-0.4, -0.2) is 5.91 Å². The maximum atomic E-state index is 11.6. The standard InChI is InChI=1S/C14H28ClNO/c1-3-5-7-9-11-13(14(17)16-15)12-10-8-6-4-2/h13H,3-12H2,1-2H3,(H,16,17). The molecule has 0 fully saturated rings. The second-order valence-corrected chi connectivity index (χ2v) is 5.04. The summed E-state index contributed by atoms with van der Waals surface area (Å²) in [4.78, 5) is 13.9. The van der Waals surface area contributed by atoms with Crippen LogP contribution in [-0.2, 0) is 4.79 Å². The van der Waals surface area contributed by atoms with Gasteiger partial charge in [0.05, 0.1) is 0 Å². The SMILES string of the molecule is CCCCCCC(CCCCCC)C(=O)NCl. The van der Waals surface area contributed by atoms with Gasteiger partial charge in [0.15, 0.2) is 0 Å². The van der Waals surface area contributed by atoms with Crippen LogP contribution >= 0.6 is 11.8 Å². The van der Waals surface area contributed by atoms with Gasteiger partial charge in [0, 0.05) is 17.7 Å². The molecule has 17 heavy (non-hydrogen) atoms. The van der Waals surface area contributed by atoms with Crippen LogP contribution in [0.3, 0.4) is 0 Å². The molecule has 0 aliphatic rings. The molecule has 0 radical (unpaired) electrons. The average molecular weight is 262 g/mol. The molecule has 0 unspecified atom stereocenters. The Labute approximate surface area is 112 Å². The van der Waals surface area contributed by atoms with Gasteiger partial charge in [-0.1, -0.05) is 65.2 Å². The fourth-order valence-corrected chi connectivity index (χ4v) is 2.27. The molecule has 0 saturated heterocycles. The first kappa shape index (κ1) is 16.8. The van der Waals surface area contributed by atoms with Gasteiger partial charge < -0.3 is 0 Å². The summed E-state index contributed by atoms with van der Waals surface area (Å²) in [7, 11) is 0. The highest BCUT2D eigenvalue weighted by Gasteiger charge is 2.16. The monoisotopic (exact) mass is 261 g/mol. The number of hydrogen-bond donors (Lipinski definition) is 1. The van der Waals surface area contributed by atoms with Crippen molar-refractivity contribution >= 4 is 17.7 Å². The Balaban J connectivity index is 3.76. The van der Waals surface area contributed by atoms with Gasteiger partial charge in [-0.2, -0.15) is 0 Å². The van der Waals surface area contributed by atoms with Crippen molar-refractivity contribution in [2.45, 2.75) is 78.1 Å². The second kappa shape index (κ2) is 12.2. The first-order valence-electron chi connectivity index (χ1n) is 7.16. The van der Waals surface area contributed by atoms with Crippen molar-refractivity contribution < 1.29 is 4.79 Å². The zero-order valence-electron chi connectivity index (χ0n) is 11.4. The topological polar surface area (TPSA) is 29.1 Å². The smallest absolute Gasteiger partial charge is 0.237 e. The molecule has 0 atom stereocenters. The third-order valence-electron chi connectivity index (χ3n) is 3.28. The number of rotatable bonds is 11. The van der Waals surface area contributed by atoms with E-state index in [0.29, 0.717) is 0 Å². The lowest BCUT2D eigenvalue weighted by atomic mass is 9.94. The number of unbranched alkanes of at least 4 members (excludes halogenated alkanes) is 6. The molecule has 0 bridgehead atoms. The minimum Gasteiger partial charge on any atom is -0.273 e. The number of hydrogen-bond acceptors (Lipinski definition) is 1. The van der Waals surface area contributed by atoms with Gasteiger partial charge in [-0.05, 0) is 12.8 Å². The van der Waals surface area contributed by atoms with Crippen molar-refractivity contribution in [1.82, 2.24) is 4.84 Å². The largest absolute Gasteiger partial charge is 0.273 e. The zero-order valence-corrected chi connectivity index (χ0v) is 12.2. The Bertz CT molecular complexity index is 173. The van der Waals surface area contributed by atoms with Crippen molar-refractivity contribution in [2.24, 2.45) is 5.92 Å². The number of amides is 1. The minimum absolute atomic E-state index is 0.0136. The highest BCUT2D eigenvalue weighted by molar-refractivity contribution is 6.21. The van der Waals surface area contributed by atoms with E-state index in [-0.39, 0.29) is 11.8 Å². The summed E-state index contributed by atoms with van der Waals surface area (Å²) in [6.07, 6.45) is 11.8. The first-order chi connectivity index (χ1) is 8.26. The van der Waals surface area contributed by atoms with E-state index in [1.54, 1.807) is 0 Å². The lowest BCUT2D eigenvalue weighted by molar-refractivity contribution is -0.123. The maximum Gasteiger partial charge on any atom is 0.237 e. The molecule has 102 valence electrons. The molecule has 2 nitrogen and oxygen atoms in total. The quantitative estimate of drug-likeness (QED) is 0.420. The second-order valence-electron chi connectivity index (χ2n) is 4.85. The van der Waals surface area contributed by atoms with Gasteiger partial charge in [-0.25, -0.2) is 0 Å². The normalized spacial score (nSPS) is 10.8. The van der Waals surface area contributed by atoms with E-state index in [1.807, 2.05) is 0 Å². The van der Waals surface area contributed by atoms with Crippen LogP contribution in [0, 0.1) is 5.92 Å². The summed E-state index contributed by atoms with van der Waals surface area (Å²) in [6, 6.07) is 0. The lowest BCUT2D eigenvalue weighted by Crippen LogP contribution is -2.23. The van der Waals surface area contributed by atoms with E-state index in [4.69, 9.17) is 11.8 Å². The van der Waals surface area contributed by atoms with Crippen LogP contribution in [0.1, 0.15) is 78.1 Å². The Morgan fingerprint density at radius 2 is 1.41 bits per heavy atom. The van der Waals surface area contributed by atoms with Crippen molar-refractivity contribution in [2.75, 3.05) is 0 Å². The number of halogens is 1. The summed E-state index contributed by atoms with van der Waals surface area (Å²) in [5.74, 6) is 0.140. The number of carbonyl (C=O) groups is 1. The van der Waals surface area contributed by atoms with Gasteiger partial charge in [0.2, 0.25) is 5.91 Å². The molecule has 3 heteroatoms. The van der Waals surface area contributed by atoms with Crippen molar-refractivity contribution in [3.63, 3.8) is 0 Å². The van der Waals surface area contributed by atoms with Crippen LogP contribution in [0.25, 0.3) is 0 Å². The lowest BCUT2D eigenvalue weighted by Gasteiger charge is -2.14. The molecule has 1 N–H and O–H groups in total. The van der Waals surface area contributed by atoms with Crippen LogP contribution in [0.15, 0.2) is 0 Å². The maximum absolute atomic E-state index is 11.6. The van der Waals surface area contributed by atoms with Gasteiger partial charge in [-0.15, -0.1) is 0 Å². The Kier molecular flexibility index (Phi) is 12.1. The van der Waals surface area contributed by atoms with Crippen LogP contribution in [0.2, 0.25) is 0 Å². The van der Waals surface area contributed by atoms with E-state index in [9.17, 15) is 4.79 Å². The highest BCUT2D eigenvalue weighted by atomic mass is 35.5. The third-order valence-corrected chi connectivity index (χ3v) is 3.46. The Hall–Kier alpha value is -0.240. The van der Waals surface area contributed by atoms with Gasteiger partial charge >= 0.3 is 0 Å². The van der Waals surface area contributed by atoms with Crippen molar-refractivity contribution in [3.05, 3.63) is 0 Å². The van der Waals surface area contributed by atoms with E-state index < -0.39 is 0 Å². The molecule has 0 aromatic carbocycles. The summed E-state index contributed by atoms with van der Waals surface area (Å²) in [6.45, 7) is 4.40. The minimum atomic E-state index is 0.0136. The van der Waals surface area contributed by atoms with Gasteiger partial charge in [-0.3, -0.25) is 9.63 Å². The van der Waals surface area contributed by atoms with E-state index in [2.05, 4.69) is 18.7 Å². The van der Waals surface area contributed by atoms with E-state index in [0.717, 1.165) is 25.7 Å². The predicted octanol–water partition coefficient (Wildman–Crippen LogP) is 4.81. The molecule has 0 saturated carbocycles. The molecule has 0 aromatic heterocycles. The molecule has 1 amide bonds. The molecule has 0 aromatic rings. The first-order valence-corrected chi connectivity index (χ1v) is 7.54. The van der Waals surface area contributed by atoms with E-state index in [1.165, 1.54) is 38.5 Å². The van der Waals surface area contributed by atoms with Crippen LogP contribution in [0.5, 0.6) is 0 Å². The summed E-state index contributed by atoms with van der Waals surface area (Å²) in [5, 5.41) is 0. The number of nitrogens with one attached hydrogen (secondary N) is 1. The van der Waals surface area contributed by atoms with Crippen molar-refractivity contribution in [3.8, 4) is 0 Å². The van der Waals surface area contributed by atoms with Crippen molar-refractivity contribution in [1.29, 1.82) is 0 Å². The van der Waals surface area contributed by atoms with Crippen LogP contribution in [0.4, 0.5) is 0 Å².